The van der Waals surface area contributed by atoms with Gasteiger partial charge in [0.15, 0.2) is 0 Å². The van der Waals surface area contributed by atoms with Gasteiger partial charge in [-0.2, -0.15) is 0 Å². The molecule has 8 nitrogen and oxygen atoms in total. The van der Waals surface area contributed by atoms with Crippen LogP contribution in [0.3, 0.4) is 0 Å². The Bertz CT molecular complexity index is 766. The van der Waals surface area contributed by atoms with Crippen molar-refractivity contribution in [3.63, 3.8) is 0 Å². The first-order valence-electron chi connectivity index (χ1n) is 9.09. The lowest BCUT2D eigenvalue weighted by Gasteiger charge is -2.31. The topological polar surface area (TPSA) is 89.5 Å². The molecule has 0 radical (unpaired) electrons. The van der Waals surface area contributed by atoms with Crippen LogP contribution in [0, 0.1) is 0 Å². The molecule has 152 valence electrons. The minimum atomic E-state index is -0.701. The molecule has 0 atom stereocenters. The van der Waals surface area contributed by atoms with Crippen LogP contribution in [-0.4, -0.2) is 41.7 Å². The van der Waals surface area contributed by atoms with E-state index >= 15 is 0 Å². The number of nitrogens with zero attached hydrogens (tertiary/aromatic N) is 2. The summed E-state index contributed by atoms with van der Waals surface area (Å²) < 4.78 is 10.5. The number of ether oxygens (including phenoxy) is 2. The van der Waals surface area contributed by atoms with Crippen molar-refractivity contribution in [2.45, 2.75) is 46.8 Å². The first kappa shape index (κ1) is 21.4. The average Bonchev–Trinajstić information content (AvgIpc) is 2.61. The van der Waals surface area contributed by atoms with Crippen molar-refractivity contribution in [2.24, 2.45) is 4.99 Å². The number of aliphatic imine (C=N–C) groups is 1. The average molecular weight is 389 g/mol. The molecule has 0 fully saturated rings. The predicted molar refractivity (Wildman–Crippen MR) is 104 cm³/mol. The van der Waals surface area contributed by atoms with Crippen LogP contribution < -0.4 is 5.48 Å². The maximum Gasteiger partial charge on any atom is 0.417 e. The van der Waals surface area contributed by atoms with Crippen LogP contribution in [0.4, 0.5) is 4.79 Å². The highest BCUT2D eigenvalue weighted by Gasteiger charge is 2.32. The van der Waals surface area contributed by atoms with Crippen LogP contribution in [0.15, 0.2) is 46.6 Å². The van der Waals surface area contributed by atoms with E-state index in [2.05, 4.69) is 10.5 Å². The fourth-order valence-electron chi connectivity index (χ4n) is 2.37. The molecule has 28 heavy (non-hydrogen) atoms. The van der Waals surface area contributed by atoms with Crippen molar-refractivity contribution < 1.29 is 23.9 Å². The van der Waals surface area contributed by atoms with E-state index in [1.807, 2.05) is 30.3 Å². The molecule has 1 aromatic carbocycles. The molecule has 0 aliphatic carbocycles. The van der Waals surface area contributed by atoms with Gasteiger partial charge in [0.25, 0.3) is 0 Å². The highest BCUT2D eigenvalue weighted by molar-refractivity contribution is 5.99. The summed E-state index contributed by atoms with van der Waals surface area (Å²) in [4.78, 5) is 35.9. The van der Waals surface area contributed by atoms with Gasteiger partial charge in [-0.15, -0.1) is 0 Å². The summed E-state index contributed by atoms with van der Waals surface area (Å²) >= 11 is 0. The van der Waals surface area contributed by atoms with Gasteiger partial charge < -0.3 is 9.47 Å². The molecule has 1 aromatic rings. The smallest absolute Gasteiger partial charge is 0.417 e. The summed E-state index contributed by atoms with van der Waals surface area (Å²) in [6, 6.07) is 9.56. The SMILES string of the molecule is CCOC(=O)C1=C(C)N=C(NOCc2ccccc2)N(C(=O)OC(C)(C)C)C1. The lowest BCUT2D eigenvalue weighted by atomic mass is 10.1. The maximum absolute atomic E-state index is 12.6. The van der Waals surface area contributed by atoms with Gasteiger partial charge >= 0.3 is 12.1 Å². The summed E-state index contributed by atoms with van der Waals surface area (Å²) in [6.45, 7) is 9.16. The van der Waals surface area contributed by atoms with E-state index < -0.39 is 17.7 Å². The van der Waals surface area contributed by atoms with Crippen molar-refractivity contribution in [2.75, 3.05) is 13.2 Å². The number of hydrogen-bond acceptors (Lipinski definition) is 7. The van der Waals surface area contributed by atoms with E-state index in [1.54, 1.807) is 34.6 Å². The number of hydrogen-bond donors (Lipinski definition) is 1. The molecular weight excluding hydrogens is 362 g/mol. The third-order valence-electron chi connectivity index (χ3n) is 3.66. The standard InChI is InChI=1S/C20H27N3O5/c1-6-26-17(24)16-12-23(19(25)28-20(3,4)5)18(21-14(16)2)22-27-13-15-10-8-7-9-11-15/h7-11H,6,12-13H2,1-5H3,(H,21,22). The Morgan fingerprint density at radius 2 is 1.89 bits per heavy atom. The summed E-state index contributed by atoms with van der Waals surface area (Å²) in [5.74, 6) is -0.364. The molecule has 1 aliphatic heterocycles. The third kappa shape index (κ3) is 6.09. The van der Waals surface area contributed by atoms with E-state index in [-0.39, 0.29) is 25.7 Å². The number of hydroxylamine groups is 1. The third-order valence-corrected chi connectivity index (χ3v) is 3.66. The van der Waals surface area contributed by atoms with Gasteiger partial charge in [0.2, 0.25) is 5.96 Å². The molecule has 0 aromatic heterocycles. The van der Waals surface area contributed by atoms with Crippen LogP contribution in [0.1, 0.15) is 40.2 Å². The Hall–Kier alpha value is -2.87. The van der Waals surface area contributed by atoms with Crippen molar-refractivity contribution >= 4 is 18.0 Å². The van der Waals surface area contributed by atoms with Gasteiger partial charge in [0, 0.05) is 0 Å². The van der Waals surface area contributed by atoms with E-state index in [0.29, 0.717) is 11.3 Å². The zero-order chi connectivity index (χ0) is 20.7. The Morgan fingerprint density at radius 1 is 1.21 bits per heavy atom. The zero-order valence-corrected chi connectivity index (χ0v) is 16.9. The summed E-state index contributed by atoms with van der Waals surface area (Å²) in [5.41, 5.74) is 3.69. The highest BCUT2D eigenvalue weighted by atomic mass is 16.6. The van der Waals surface area contributed by atoms with Crippen LogP contribution in [0.25, 0.3) is 0 Å². The molecule has 0 spiro atoms. The number of amides is 1. The molecule has 1 amide bonds. The Labute approximate surface area is 165 Å². The van der Waals surface area contributed by atoms with E-state index in [4.69, 9.17) is 14.3 Å². The molecule has 8 heteroatoms. The number of esters is 1. The van der Waals surface area contributed by atoms with E-state index in [9.17, 15) is 9.59 Å². The van der Waals surface area contributed by atoms with Crippen molar-refractivity contribution in [1.82, 2.24) is 10.4 Å². The molecule has 1 N–H and O–H groups in total. The fourth-order valence-corrected chi connectivity index (χ4v) is 2.37. The monoisotopic (exact) mass is 389 g/mol. The molecule has 1 aliphatic rings. The van der Waals surface area contributed by atoms with E-state index in [0.717, 1.165) is 5.56 Å². The zero-order valence-electron chi connectivity index (χ0n) is 16.9. The van der Waals surface area contributed by atoms with Gasteiger partial charge in [-0.3, -0.25) is 4.84 Å². The first-order valence-corrected chi connectivity index (χ1v) is 9.09. The van der Waals surface area contributed by atoms with Gasteiger partial charge in [-0.25, -0.2) is 25.0 Å². The number of benzene rings is 1. The van der Waals surface area contributed by atoms with Crippen LogP contribution in [-0.2, 0) is 25.7 Å². The number of guanidine groups is 1. The van der Waals surface area contributed by atoms with Crippen molar-refractivity contribution in [3.8, 4) is 0 Å². The number of nitrogens with one attached hydrogen (secondary N) is 1. The number of allylic oxidation sites excluding steroid dienone is 1. The molecule has 1 heterocycles. The van der Waals surface area contributed by atoms with E-state index in [1.165, 1.54) is 4.90 Å². The lowest BCUT2D eigenvalue weighted by molar-refractivity contribution is -0.138. The molecule has 0 bridgehead atoms. The first-order chi connectivity index (χ1) is 13.2. The van der Waals surface area contributed by atoms with Gasteiger partial charge in [-0.05, 0) is 40.2 Å². The lowest BCUT2D eigenvalue weighted by Crippen LogP contribution is -2.50. The molecule has 0 saturated heterocycles. The van der Waals surface area contributed by atoms with Crippen molar-refractivity contribution in [3.05, 3.63) is 47.2 Å². The van der Waals surface area contributed by atoms with Gasteiger partial charge in [-0.1, -0.05) is 30.3 Å². The van der Waals surface area contributed by atoms with Crippen LogP contribution in [0.2, 0.25) is 0 Å². The quantitative estimate of drug-likeness (QED) is 0.615. The highest BCUT2D eigenvalue weighted by Crippen LogP contribution is 2.19. The molecule has 0 saturated carbocycles. The second-order valence-corrected chi connectivity index (χ2v) is 7.16. The predicted octanol–water partition coefficient (Wildman–Crippen LogP) is 3.15. The van der Waals surface area contributed by atoms with Gasteiger partial charge in [0.1, 0.15) is 5.60 Å². The Balaban J connectivity index is 2.18. The van der Waals surface area contributed by atoms with Gasteiger partial charge in [0.05, 0.1) is 31.0 Å². The van der Waals surface area contributed by atoms with Crippen LogP contribution in [0.5, 0.6) is 0 Å². The number of rotatable bonds is 5. The Morgan fingerprint density at radius 3 is 2.50 bits per heavy atom. The normalized spacial score (nSPS) is 14.5. The minimum absolute atomic E-state index is 0.0277. The maximum atomic E-state index is 12.6. The Kier molecular flexibility index (Phi) is 7.17. The second-order valence-electron chi connectivity index (χ2n) is 7.16. The van der Waals surface area contributed by atoms with Crippen LogP contribution >= 0.6 is 0 Å². The molecule has 2 rings (SSSR count). The second kappa shape index (κ2) is 9.36. The van der Waals surface area contributed by atoms with Crippen molar-refractivity contribution in [1.29, 1.82) is 0 Å². The number of carbonyl (C=O) groups excluding carboxylic acids is 2. The summed E-state index contributed by atoms with van der Waals surface area (Å²) in [5, 5.41) is 0. The number of carbonyl (C=O) groups is 2. The minimum Gasteiger partial charge on any atom is -0.463 e. The molecule has 0 unspecified atom stereocenters. The summed E-state index contributed by atoms with van der Waals surface area (Å²) in [6.07, 6.45) is -0.642. The largest absolute Gasteiger partial charge is 0.463 e. The molecular formula is C20H27N3O5. The summed E-state index contributed by atoms with van der Waals surface area (Å²) in [7, 11) is 0. The fraction of sp³-hybridized carbons (Fsp3) is 0.450.